The highest BCUT2D eigenvalue weighted by Crippen LogP contribution is 2.34. The first kappa shape index (κ1) is 25.6. The highest BCUT2D eigenvalue weighted by molar-refractivity contribution is 7.99. The molecule has 11 heteroatoms. The Labute approximate surface area is 206 Å². The number of rotatable bonds is 10. The Hall–Kier alpha value is -3.05. The van der Waals surface area contributed by atoms with Gasteiger partial charge in [0, 0.05) is 11.9 Å². The Kier molecular flexibility index (Phi) is 8.56. The van der Waals surface area contributed by atoms with Gasteiger partial charge in [0.25, 0.3) is 0 Å². The number of nitrogens with zero attached hydrogens (tertiary/aromatic N) is 3. The lowest BCUT2D eigenvalue weighted by molar-refractivity contribution is -0.113. The van der Waals surface area contributed by atoms with Crippen molar-refractivity contribution < 1.29 is 23.8 Å². The molecule has 2 aromatic heterocycles. The number of thioether (sulfide) groups is 1. The molecule has 0 saturated heterocycles. The third kappa shape index (κ3) is 5.71. The molecule has 2 heterocycles. The van der Waals surface area contributed by atoms with E-state index in [0.717, 1.165) is 16.2 Å². The second-order valence-electron chi connectivity index (χ2n) is 7.36. The van der Waals surface area contributed by atoms with E-state index in [9.17, 15) is 9.59 Å². The summed E-state index contributed by atoms with van der Waals surface area (Å²) in [6, 6.07) is 7.29. The fraction of sp³-hybridized carbons (Fsp3) is 0.391. The van der Waals surface area contributed by atoms with Gasteiger partial charge < -0.3 is 24.1 Å². The Morgan fingerprint density at radius 2 is 1.85 bits per heavy atom. The molecule has 3 aromatic rings. The van der Waals surface area contributed by atoms with E-state index in [1.807, 2.05) is 52.1 Å². The van der Waals surface area contributed by atoms with Crippen molar-refractivity contribution in [3.8, 4) is 11.5 Å². The van der Waals surface area contributed by atoms with Crippen molar-refractivity contribution >= 4 is 40.0 Å². The van der Waals surface area contributed by atoms with Gasteiger partial charge in [0.15, 0.2) is 17.1 Å². The van der Waals surface area contributed by atoms with Crippen molar-refractivity contribution in [2.75, 3.05) is 25.3 Å². The highest BCUT2D eigenvalue weighted by Gasteiger charge is 2.23. The minimum Gasteiger partial charge on any atom is -0.497 e. The molecule has 3 rings (SSSR count). The average Bonchev–Trinajstić information content (AvgIpc) is 3.35. The van der Waals surface area contributed by atoms with Gasteiger partial charge in [0.2, 0.25) is 5.91 Å². The first-order valence-corrected chi connectivity index (χ1v) is 12.4. The van der Waals surface area contributed by atoms with Crippen molar-refractivity contribution in [3.05, 3.63) is 46.1 Å². The fourth-order valence-corrected chi connectivity index (χ4v) is 5.29. The van der Waals surface area contributed by atoms with Crippen LogP contribution in [0.15, 0.2) is 29.4 Å². The molecule has 1 atom stereocenters. The van der Waals surface area contributed by atoms with Crippen LogP contribution in [0.25, 0.3) is 0 Å². The maximum Gasteiger partial charge on any atom is 0.341 e. The number of carbonyl (C=O) groups is 2. The number of methoxy groups -OCH3 is 2. The molecular formula is C23H28N4O5S2. The molecule has 0 aliphatic heterocycles. The zero-order valence-corrected chi connectivity index (χ0v) is 21.6. The Bertz CT molecular complexity index is 1160. The molecule has 1 amide bonds. The van der Waals surface area contributed by atoms with Crippen LogP contribution in [0.5, 0.6) is 11.5 Å². The van der Waals surface area contributed by atoms with Gasteiger partial charge in [-0.15, -0.1) is 21.5 Å². The summed E-state index contributed by atoms with van der Waals surface area (Å²) in [5, 5.41) is 12.4. The van der Waals surface area contributed by atoms with E-state index in [0.29, 0.717) is 33.7 Å². The minimum atomic E-state index is -0.451. The van der Waals surface area contributed by atoms with Gasteiger partial charge in [-0.2, -0.15) is 0 Å². The SMILES string of the molecule is CCc1c(C)sc(NC(=O)CSc2nnc(C(C)Oc3ccc(OC)cc3)n2C)c1C(=O)OC. The maximum atomic E-state index is 12.6. The largest absolute Gasteiger partial charge is 0.497 e. The lowest BCUT2D eigenvalue weighted by Crippen LogP contribution is -2.16. The van der Waals surface area contributed by atoms with Crippen LogP contribution in [0, 0.1) is 6.92 Å². The first-order valence-electron chi connectivity index (χ1n) is 10.6. The van der Waals surface area contributed by atoms with Crippen LogP contribution in [0.2, 0.25) is 0 Å². The van der Waals surface area contributed by atoms with Crippen LogP contribution < -0.4 is 14.8 Å². The van der Waals surface area contributed by atoms with E-state index in [4.69, 9.17) is 14.2 Å². The molecule has 9 nitrogen and oxygen atoms in total. The zero-order valence-electron chi connectivity index (χ0n) is 20.0. The van der Waals surface area contributed by atoms with Crippen molar-refractivity contribution in [2.24, 2.45) is 7.05 Å². The lowest BCUT2D eigenvalue weighted by atomic mass is 10.1. The van der Waals surface area contributed by atoms with Crippen LogP contribution in [-0.2, 0) is 23.0 Å². The number of hydrogen-bond acceptors (Lipinski definition) is 9. The van der Waals surface area contributed by atoms with Crippen molar-refractivity contribution in [1.82, 2.24) is 14.8 Å². The number of carbonyl (C=O) groups excluding carboxylic acids is 2. The Balaban J connectivity index is 1.63. The molecular weight excluding hydrogens is 476 g/mol. The standard InChI is InChI=1S/C23H28N4O5S2/c1-7-17-14(3)34-21(19(17)22(29)31-6)24-18(28)12-33-23-26-25-20(27(23)4)13(2)32-16-10-8-15(30-5)9-11-16/h8-11,13H,7,12H2,1-6H3,(H,24,28). The van der Waals surface area contributed by atoms with E-state index in [1.54, 1.807) is 11.7 Å². The topological polar surface area (TPSA) is 105 Å². The summed E-state index contributed by atoms with van der Waals surface area (Å²) in [6.45, 7) is 5.78. The quantitative estimate of drug-likeness (QED) is 0.320. The van der Waals surface area contributed by atoms with E-state index < -0.39 is 5.97 Å². The summed E-state index contributed by atoms with van der Waals surface area (Å²) in [7, 11) is 4.77. The number of aryl methyl sites for hydroxylation is 1. The van der Waals surface area contributed by atoms with Crippen molar-refractivity contribution in [2.45, 2.75) is 38.5 Å². The molecule has 0 bridgehead atoms. The molecule has 0 aliphatic rings. The lowest BCUT2D eigenvalue weighted by Gasteiger charge is -2.14. The number of aromatic nitrogens is 3. The third-order valence-electron chi connectivity index (χ3n) is 5.14. The number of hydrogen-bond donors (Lipinski definition) is 1. The van der Waals surface area contributed by atoms with Gasteiger partial charge in [-0.05, 0) is 50.1 Å². The Morgan fingerprint density at radius 3 is 2.47 bits per heavy atom. The molecule has 1 unspecified atom stereocenters. The number of amides is 1. The van der Waals surface area contributed by atoms with E-state index in [1.165, 1.54) is 30.2 Å². The summed E-state index contributed by atoms with van der Waals surface area (Å²) >= 11 is 2.63. The third-order valence-corrected chi connectivity index (χ3v) is 7.22. The number of esters is 1. The van der Waals surface area contributed by atoms with E-state index in [-0.39, 0.29) is 17.8 Å². The normalized spacial score (nSPS) is 11.7. The van der Waals surface area contributed by atoms with E-state index >= 15 is 0 Å². The average molecular weight is 505 g/mol. The van der Waals surface area contributed by atoms with Gasteiger partial charge in [-0.25, -0.2) is 4.79 Å². The number of anilines is 1. The molecule has 0 spiro atoms. The van der Waals surface area contributed by atoms with E-state index in [2.05, 4.69) is 15.5 Å². The monoisotopic (exact) mass is 504 g/mol. The van der Waals surface area contributed by atoms with Crippen molar-refractivity contribution in [1.29, 1.82) is 0 Å². The molecule has 1 N–H and O–H groups in total. The molecule has 0 saturated carbocycles. The smallest absolute Gasteiger partial charge is 0.341 e. The number of benzene rings is 1. The number of ether oxygens (including phenoxy) is 3. The molecule has 0 radical (unpaired) electrons. The first-order chi connectivity index (χ1) is 16.3. The zero-order chi connectivity index (χ0) is 24.8. The second-order valence-corrected chi connectivity index (χ2v) is 9.53. The molecule has 34 heavy (non-hydrogen) atoms. The number of nitrogens with one attached hydrogen (secondary N) is 1. The summed E-state index contributed by atoms with van der Waals surface area (Å²) in [4.78, 5) is 25.9. The van der Waals surface area contributed by atoms with Gasteiger partial charge in [-0.3, -0.25) is 4.79 Å². The summed E-state index contributed by atoms with van der Waals surface area (Å²) < 4.78 is 17.8. The predicted molar refractivity (Wildman–Crippen MR) is 132 cm³/mol. The van der Waals surface area contributed by atoms with Gasteiger partial charge in [0.1, 0.15) is 16.5 Å². The van der Waals surface area contributed by atoms with Gasteiger partial charge >= 0.3 is 5.97 Å². The van der Waals surface area contributed by atoms with Gasteiger partial charge in [0.05, 0.1) is 25.5 Å². The minimum absolute atomic E-state index is 0.110. The predicted octanol–water partition coefficient (Wildman–Crippen LogP) is 4.41. The summed E-state index contributed by atoms with van der Waals surface area (Å²) in [5.74, 6) is 1.48. The van der Waals surface area contributed by atoms with Crippen LogP contribution in [0.1, 0.15) is 46.6 Å². The fourth-order valence-electron chi connectivity index (χ4n) is 3.42. The molecule has 1 aromatic carbocycles. The van der Waals surface area contributed by atoms with Gasteiger partial charge in [-0.1, -0.05) is 18.7 Å². The number of thiophene rings is 1. The van der Waals surface area contributed by atoms with Crippen LogP contribution in [0.3, 0.4) is 0 Å². The van der Waals surface area contributed by atoms with Crippen LogP contribution in [0.4, 0.5) is 5.00 Å². The Morgan fingerprint density at radius 1 is 1.18 bits per heavy atom. The summed E-state index contributed by atoms with van der Waals surface area (Å²) in [6.07, 6.45) is 0.328. The highest BCUT2D eigenvalue weighted by atomic mass is 32.2. The molecule has 0 fully saturated rings. The van der Waals surface area contributed by atoms with Crippen molar-refractivity contribution in [3.63, 3.8) is 0 Å². The van der Waals surface area contributed by atoms with Crippen LogP contribution >= 0.6 is 23.1 Å². The molecule has 182 valence electrons. The second kappa shape index (κ2) is 11.4. The van der Waals surface area contributed by atoms with Crippen LogP contribution in [-0.4, -0.2) is 46.6 Å². The summed E-state index contributed by atoms with van der Waals surface area (Å²) in [5.41, 5.74) is 1.32. The maximum absolute atomic E-state index is 12.6. The molecule has 0 aliphatic carbocycles.